The van der Waals surface area contributed by atoms with Crippen LogP contribution in [-0.2, 0) is 0 Å². The number of ether oxygens (including phenoxy) is 1. The predicted octanol–water partition coefficient (Wildman–Crippen LogP) is 6.11. The molecule has 2 N–H and O–H groups in total. The maximum absolute atomic E-state index is 13.1. The molecule has 1 heterocycles. The zero-order valence-corrected chi connectivity index (χ0v) is 19.5. The average Bonchev–Trinajstić information content (AvgIpc) is 3.07. The van der Waals surface area contributed by atoms with Crippen molar-refractivity contribution in [1.29, 1.82) is 0 Å². The molecule has 0 unspecified atom stereocenters. The number of thioether (sulfide) groups is 1. The van der Waals surface area contributed by atoms with E-state index >= 15 is 0 Å². The Labute approximate surface area is 193 Å². The number of hydrogen-bond donors (Lipinski definition) is 2. The van der Waals surface area contributed by atoms with Gasteiger partial charge in [0.15, 0.2) is 0 Å². The lowest BCUT2D eigenvalue weighted by Gasteiger charge is -2.10. The van der Waals surface area contributed by atoms with Crippen molar-refractivity contribution in [2.45, 2.75) is 10.4 Å². The summed E-state index contributed by atoms with van der Waals surface area (Å²) in [6.45, 7) is 0.152. The van der Waals surface area contributed by atoms with E-state index in [0.29, 0.717) is 32.0 Å². The second-order valence-corrected chi connectivity index (χ2v) is 9.02. The van der Waals surface area contributed by atoms with Crippen molar-refractivity contribution in [3.05, 3.63) is 51.3 Å². The number of carbonyl (C=O) groups excluding carboxylic acids is 1. The molecule has 0 saturated heterocycles. The van der Waals surface area contributed by atoms with Gasteiger partial charge < -0.3 is 15.4 Å². The van der Waals surface area contributed by atoms with Crippen LogP contribution in [-0.4, -0.2) is 32.1 Å². The van der Waals surface area contributed by atoms with Gasteiger partial charge in [0.2, 0.25) is 0 Å². The molecule has 3 rings (SSSR count). The number of carbonyl (C=O) groups is 1. The number of hydrogen-bond acceptors (Lipinski definition) is 5. The monoisotopic (exact) mass is 528 g/mol. The Morgan fingerprint density at radius 1 is 1.29 bits per heavy atom. The molecular formula is C21H16BrF3N2O2S2. The molecule has 2 aromatic carbocycles. The average molecular weight is 529 g/mol. The quantitative estimate of drug-likeness (QED) is 0.310. The van der Waals surface area contributed by atoms with Gasteiger partial charge in [-0.1, -0.05) is 24.0 Å². The predicted molar refractivity (Wildman–Crippen MR) is 123 cm³/mol. The van der Waals surface area contributed by atoms with Gasteiger partial charge in [-0.15, -0.1) is 11.3 Å². The van der Waals surface area contributed by atoms with Crippen LogP contribution < -0.4 is 15.4 Å². The van der Waals surface area contributed by atoms with Gasteiger partial charge in [-0.05, 0) is 52.0 Å². The van der Waals surface area contributed by atoms with Crippen LogP contribution >= 0.6 is 39.0 Å². The number of anilines is 1. The summed E-state index contributed by atoms with van der Waals surface area (Å²) in [4.78, 5) is 12.3. The van der Waals surface area contributed by atoms with E-state index in [-0.39, 0.29) is 29.1 Å². The highest BCUT2D eigenvalue weighted by molar-refractivity contribution is 9.10. The molecule has 0 atom stereocenters. The molecule has 1 aromatic heterocycles. The van der Waals surface area contributed by atoms with Crippen molar-refractivity contribution >= 4 is 60.7 Å². The molecule has 31 heavy (non-hydrogen) atoms. The molecule has 0 saturated carbocycles. The summed E-state index contributed by atoms with van der Waals surface area (Å²) in [6, 6.07) is 10.0. The number of halogens is 4. The topological polar surface area (TPSA) is 50.4 Å². The minimum absolute atomic E-state index is 0.0977. The van der Waals surface area contributed by atoms with Gasteiger partial charge in [-0.25, -0.2) is 0 Å². The minimum Gasteiger partial charge on any atom is -0.495 e. The van der Waals surface area contributed by atoms with E-state index in [1.165, 1.54) is 25.5 Å². The first-order chi connectivity index (χ1) is 14.7. The van der Waals surface area contributed by atoms with Crippen molar-refractivity contribution in [1.82, 2.24) is 5.32 Å². The lowest BCUT2D eigenvalue weighted by molar-refractivity contribution is -0.0327. The van der Waals surface area contributed by atoms with Crippen LogP contribution in [0.5, 0.6) is 5.75 Å². The van der Waals surface area contributed by atoms with Gasteiger partial charge in [-0.2, -0.15) is 13.2 Å². The summed E-state index contributed by atoms with van der Waals surface area (Å²) in [5, 5.41) is 6.11. The first-order valence-electron chi connectivity index (χ1n) is 8.83. The minimum atomic E-state index is -4.42. The molecule has 10 heteroatoms. The number of fused-ring (bicyclic) bond motifs is 1. The highest BCUT2D eigenvalue weighted by Crippen LogP contribution is 2.47. The van der Waals surface area contributed by atoms with Gasteiger partial charge in [0.05, 0.1) is 33.8 Å². The second-order valence-electron chi connectivity index (χ2n) is 6.07. The van der Waals surface area contributed by atoms with Crippen LogP contribution in [0.3, 0.4) is 0 Å². The number of alkyl halides is 3. The zero-order chi connectivity index (χ0) is 22.6. The molecule has 0 aliphatic rings. The van der Waals surface area contributed by atoms with Crippen molar-refractivity contribution in [3.8, 4) is 17.6 Å². The first kappa shape index (κ1) is 23.3. The van der Waals surface area contributed by atoms with Crippen LogP contribution in [0.1, 0.15) is 15.2 Å². The number of benzene rings is 2. The Morgan fingerprint density at radius 3 is 2.74 bits per heavy atom. The molecule has 0 aliphatic heterocycles. The number of amides is 1. The van der Waals surface area contributed by atoms with Gasteiger partial charge in [0, 0.05) is 22.5 Å². The molecule has 0 spiro atoms. The lowest BCUT2D eigenvalue weighted by Crippen LogP contribution is -2.18. The van der Waals surface area contributed by atoms with Crippen molar-refractivity contribution in [3.63, 3.8) is 0 Å². The lowest BCUT2D eigenvalue weighted by atomic mass is 10.1. The van der Waals surface area contributed by atoms with E-state index in [0.717, 1.165) is 4.47 Å². The number of nitrogens with one attached hydrogen (secondary N) is 2. The summed E-state index contributed by atoms with van der Waals surface area (Å²) < 4.78 is 46.0. The van der Waals surface area contributed by atoms with E-state index in [1.54, 1.807) is 36.4 Å². The third kappa shape index (κ3) is 5.67. The Kier molecular flexibility index (Phi) is 7.41. The third-order valence-electron chi connectivity index (χ3n) is 4.10. The maximum atomic E-state index is 13.1. The third-order valence-corrected chi connectivity index (χ3v) is 7.16. The van der Waals surface area contributed by atoms with Gasteiger partial charge >= 0.3 is 5.51 Å². The summed E-state index contributed by atoms with van der Waals surface area (Å²) in [5.41, 5.74) is -3.42. The van der Waals surface area contributed by atoms with Gasteiger partial charge in [0.25, 0.3) is 5.91 Å². The van der Waals surface area contributed by atoms with E-state index in [1.807, 2.05) is 0 Å². The highest BCUT2D eigenvalue weighted by Gasteiger charge is 2.32. The summed E-state index contributed by atoms with van der Waals surface area (Å²) in [7, 11) is 3.03. The van der Waals surface area contributed by atoms with Gasteiger partial charge in [0.1, 0.15) is 5.75 Å². The number of thiophene rings is 1. The van der Waals surface area contributed by atoms with Crippen molar-refractivity contribution in [2.24, 2.45) is 0 Å². The van der Waals surface area contributed by atoms with Crippen LogP contribution in [0, 0.1) is 11.8 Å². The van der Waals surface area contributed by atoms with Crippen molar-refractivity contribution in [2.75, 3.05) is 26.0 Å². The number of rotatable bonds is 5. The molecule has 0 bridgehead atoms. The summed E-state index contributed by atoms with van der Waals surface area (Å²) >= 11 is 4.44. The van der Waals surface area contributed by atoms with E-state index < -0.39 is 5.51 Å². The molecule has 0 radical (unpaired) electrons. The van der Waals surface area contributed by atoms with Crippen molar-refractivity contribution < 1.29 is 22.7 Å². The first-order valence-corrected chi connectivity index (χ1v) is 11.3. The normalized spacial score (nSPS) is 11.0. The van der Waals surface area contributed by atoms with Crippen LogP contribution in [0.4, 0.5) is 18.9 Å². The fourth-order valence-corrected chi connectivity index (χ4v) is 5.31. The Bertz CT molecular complexity index is 1180. The molecule has 1 amide bonds. The van der Waals surface area contributed by atoms with E-state index in [4.69, 9.17) is 4.74 Å². The fraction of sp³-hybridized carbons (Fsp3) is 0.190. The smallest absolute Gasteiger partial charge is 0.446 e. The standard InChI is InChI=1S/C21H16BrF3N2O2S2/c1-26-20(28)12-8-9-16(29-2)15(11-12)27-10-4-7-17-19(31-21(23,24)25)13-5-3-6-14(22)18(13)30-17/h3,5-6,8-9,11,27H,10H2,1-2H3,(H,26,28). The fourth-order valence-electron chi connectivity index (χ4n) is 2.76. The van der Waals surface area contributed by atoms with E-state index in [2.05, 4.69) is 38.4 Å². The molecular weight excluding hydrogens is 513 g/mol. The molecule has 0 fully saturated rings. The summed E-state index contributed by atoms with van der Waals surface area (Å²) in [5.74, 6) is 5.99. The van der Waals surface area contributed by atoms with Gasteiger partial charge in [-0.3, -0.25) is 4.79 Å². The summed E-state index contributed by atoms with van der Waals surface area (Å²) in [6.07, 6.45) is 0. The largest absolute Gasteiger partial charge is 0.495 e. The molecule has 162 valence electrons. The van der Waals surface area contributed by atoms with E-state index in [9.17, 15) is 18.0 Å². The van der Waals surface area contributed by atoms with Crippen LogP contribution in [0.25, 0.3) is 10.1 Å². The van der Waals surface area contributed by atoms with Crippen LogP contribution in [0.15, 0.2) is 45.8 Å². The highest BCUT2D eigenvalue weighted by atomic mass is 79.9. The molecule has 0 aliphatic carbocycles. The number of methoxy groups -OCH3 is 1. The Hall–Kier alpha value is -2.35. The maximum Gasteiger partial charge on any atom is 0.446 e. The molecule has 4 nitrogen and oxygen atoms in total. The zero-order valence-electron chi connectivity index (χ0n) is 16.3. The Balaban J connectivity index is 1.87. The SMILES string of the molecule is CNC(=O)c1ccc(OC)c(NCC#Cc2sc3c(Br)cccc3c2SC(F)(F)F)c1. The Morgan fingerprint density at radius 2 is 2.06 bits per heavy atom. The second kappa shape index (κ2) is 9.85. The molecule has 3 aromatic rings. The van der Waals surface area contributed by atoms with Crippen LogP contribution in [0.2, 0.25) is 0 Å².